The zero-order valence-electron chi connectivity index (χ0n) is 11.3. The number of nitrogens with one attached hydrogen (secondary N) is 1. The molecule has 4 nitrogen and oxygen atoms in total. The van der Waals surface area contributed by atoms with E-state index in [0.29, 0.717) is 16.6 Å². The summed E-state index contributed by atoms with van der Waals surface area (Å²) in [7, 11) is -1.31. The van der Waals surface area contributed by atoms with Crippen LogP contribution in [0.1, 0.15) is 37.9 Å². The molecule has 1 aliphatic rings. The molecule has 0 radical (unpaired) electrons. The molecule has 5 heteroatoms. The molecule has 0 bridgehead atoms. The molecular weight excluding hydrogens is 262 g/mol. The number of carbonyl (C=O) groups excluding carboxylic acids is 1. The van der Waals surface area contributed by atoms with Crippen molar-refractivity contribution in [3.63, 3.8) is 0 Å². The summed E-state index contributed by atoms with van der Waals surface area (Å²) >= 11 is 0. The molecule has 19 heavy (non-hydrogen) atoms. The molecule has 106 valence electrons. The predicted octanol–water partition coefficient (Wildman–Crippen LogP) is 2.39. The standard InChI is InChI=1S/C14H21NO3S/c1-11-13(7-8-18-11)19(17)10-14(16)15-9-12-5-3-2-4-6-12/h7-8,12H,2-6,9-10H2,1H3,(H,15,16)/t19-/m0/s1. The molecule has 1 aromatic heterocycles. The third-order valence-electron chi connectivity index (χ3n) is 3.63. The summed E-state index contributed by atoms with van der Waals surface area (Å²) in [5.74, 6) is 1.11. The minimum absolute atomic E-state index is 0.0209. The van der Waals surface area contributed by atoms with Crippen molar-refractivity contribution in [3.05, 3.63) is 18.1 Å². The molecule has 1 saturated carbocycles. The number of rotatable bonds is 5. The van der Waals surface area contributed by atoms with Gasteiger partial charge in [-0.2, -0.15) is 0 Å². The van der Waals surface area contributed by atoms with Gasteiger partial charge in [0.15, 0.2) is 0 Å². The van der Waals surface area contributed by atoms with Gasteiger partial charge in [0.1, 0.15) is 11.5 Å². The first kappa shape index (κ1) is 14.3. The van der Waals surface area contributed by atoms with Crippen molar-refractivity contribution in [2.45, 2.75) is 43.9 Å². The Morgan fingerprint density at radius 2 is 2.16 bits per heavy atom. The number of aryl methyl sites for hydroxylation is 1. The molecule has 0 aromatic carbocycles. The summed E-state index contributed by atoms with van der Waals surface area (Å²) in [4.78, 5) is 12.4. The Balaban J connectivity index is 1.75. The van der Waals surface area contributed by atoms with Gasteiger partial charge in [0.25, 0.3) is 0 Å². The van der Waals surface area contributed by atoms with Crippen molar-refractivity contribution in [1.29, 1.82) is 0 Å². The Morgan fingerprint density at radius 1 is 1.42 bits per heavy atom. The minimum Gasteiger partial charge on any atom is -0.468 e. The van der Waals surface area contributed by atoms with Crippen LogP contribution in [0, 0.1) is 12.8 Å². The summed E-state index contributed by atoms with van der Waals surface area (Å²) in [5.41, 5.74) is 0. The molecular formula is C14H21NO3S. The maximum absolute atomic E-state index is 12.0. The van der Waals surface area contributed by atoms with Gasteiger partial charge in [-0.3, -0.25) is 9.00 Å². The summed E-state index contributed by atoms with van der Waals surface area (Å²) in [5, 5.41) is 2.90. The first-order valence-electron chi connectivity index (χ1n) is 6.86. The lowest BCUT2D eigenvalue weighted by atomic mass is 9.89. The van der Waals surface area contributed by atoms with E-state index in [1.807, 2.05) is 0 Å². The van der Waals surface area contributed by atoms with Gasteiger partial charge in [-0.05, 0) is 31.7 Å². The van der Waals surface area contributed by atoms with E-state index in [0.717, 1.165) is 6.54 Å². The molecule has 0 saturated heterocycles. The molecule has 0 unspecified atom stereocenters. The lowest BCUT2D eigenvalue weighted by Crippen LogP contribution is -2.33. The minimum atomic E-state index is -1.31. The van der Waals surface area contributed by atoms with E-state index in [9.17, 15) is 9.00 Å². The first-order valence-corrected chi connectivity index (χ1v) is 8.18. The van der Waals surface area contributed by atoms with Crippen LogP contribution in [0.15, 0.2) is 21.6 Å². The highest BCUT2D eigenvalue weighted by molar-refractivity contribution is 7.85. The van der Waals surface area contributed by atoms with E-state index in [4.69, 9.17) is 4.42 Å². The normalized spacial score (nSPS) is 18.2. The largest absolute Gasteiger partial charge is 0.468 e. The molecule has 1 N–H and O–H groups in total. The number of amides is 1. The van der Waals surface area contributed by atoms with Crippen LogP contribution in [-0.4, -0.2) is 22.4 Å². The second-order valence-corrected chi connectivity index (χ2v) is 6.56. The van der Waals surface area contributed by atoms with Crippen molar-refractivity contribution in [1.82, 2.24) is 5.32 Å². The molecule has 1 aliphatic carbocycles. The average Bonchev–Trinajstić information content (AvgIpc) is 2.84. The molecule has 1 fully saturated rings. The molecule has 0 aliphatic heterocycles. The van der Waals surface area contributed by atoms with Crippen LogP contribution in [-0.2, 0) is 15.6 Å². The summed E-state index contributed by atoms with van der Waals surface area (Å²) in [6.45, 7) is 2.48. The molecule has 2 rings (SSSR count). The maximum atomic E-state index is 12.0. The highest BCUT2D eigenvalue weighted by Gasteiger charge is 2.17. The second-order valence-electron chi connectivity index (χ2n) is 5.14. The van der Waals surface area contributed by atoms with Crippen LogP contribution in [0.4, 0.5) is 0 Å². The fourth-order valence-electron chi connectivity index (χ4n) is 2.51. The van der Waals surface area contributed by atoms with Crippen LogP contribution in [0.5, 0.6) is 0 Å². The van der Waals surface area contributed by atoms with E-state index in [-0.39, 0.29) is 11.7 Å². The van der Waals surface area contributed by atoms with Crippen LogP contribution < -0.4 is 5.32 Å². The third-order valence-corrected chi connectivity index (χ3v) is 5.07. The lowest BCUT2D eigenvalue weighted by molar-refractivity contribution is -0.118. The lowest BCUT2D eigenvalue weighted by Gasteiger charge is -2.21. The van der Waals surface area contributed by atoms with E-state index in [2.05, 4.69) is 5.32 Å². The van der Waals surface area contributed by atoms with Crippen LogP contribution >= 0.6 is 0 Å². The molecule has 0 spiro atoms. The SMILES string of the molecule is Cc1occc1[S@@](=O)CC(=O)NCC1CCCCC1. The van der Waals surface area contributed by atoms with Crippen molar-refractivity contribution in [2.75, 3.05) is 12.3 Å². The number of furan rings is 1. The van der Waals surface area contributed by atoms with Crippen LogP contribution in [0.3, 0.4) is 0 Å². The van der Waals surface area contributed by atoms with Gasteiger partial charge in [0.05, 0.1) is 22.0 Å². The smallest absolute Gasteiger partial charge is 0.233 e. The van der Waals surface area contributed by atoms with Gasteiger partial charge in [-0.1, -0.05) is 19.3 Å². The van der Waals surface area contributed by atoms with Crippen molar-refractivity contribution < 1.29 is 13.4 Å². The van der Waals surface area contributed by atoms with E-state index in [1.165, 1.54) is 38.4 Å². The fraction of sp³-hybridized carbons (Fsp3) is 0.643. The van der Waals surface area contributed by atoms with Crippen molar-refractivity contribution in [3.8, 4) is 0 Å². The molecule has 1 amide bonds. The van der Waals surface area contributed by atoms with Gasteiger partial charge in [0.2, 0.25) is 5.91 Å². The Bertz CT molecular complexity index is 449. The fourth-order valence-corrected chi connectivity index (χ4v) is 3.58. The first-order chi connectivity index (χ1) is 9.16. The number of hydrogen-bond acceptors (Lipinski definition) is 3. The third kappa shape index (κ3) is 4.20. The maximum Gasteiger partial charge on any atom is 0.233 e. The number of carbonyl (C=O) groups is 1. The number of hydrogen-bond donors (Lipinski definition) is 1. The summed E-state index contributed by atoms with van der Waals surface area (Å²) in [6, 6.07) is 1.67. The highest BCUT2D eigenvalue weighted by atomic mass is 32.2. The topological polar surface area (TPSA) is 59.3 Å². The van der Waals surface area contributed by atoms with E-state index in [1.54, 1.807) is 13.0 Å². The molecule has 1 aromatic rings. The van der Waals surface area contributed by atoms with Crippen molar-refractivity contribution in [2.24, 2.45) is 5.92 Å². The highest BCUT2D eigenvalue weighted by Crippen LogP contribution is 2.22. The zero-order chi connectivity index (χ0) is 13.7. The van der Waals surface area contributed by atoms with Gasteiger partial charge in [-0.25, -0.2) is 0 Å². The quantitative estimate of drug-likeness (QED) is 0.902. The van der Waals surface area contributed by atoms with Gasteiger partial charge < -0.3 is 9.73 Å². The zero-order valence-corrected chi connectivity index (χ0v) is 12.1. The Morgan fingerprint density at radius 3 is 2.79 bits per heavy atom. The monoisotopic (exact) mass is 283 g/mol. The summed E-state index contributed by atoms with van der Waals surface area (Å²) < 4.78 is 17.1. The predicted molar refractivity (Wildman–Crippen MR) is 74.3 cm³/mol. The van der Waals surface area contributed by atoms with Crippen molar-refractivity contribution >= 4 is 16.7 Å². The average molecular weight is 283 g/mol. The molecule has 1 atom stereocenters. The van der Waals surface area contributed by atoms with Gasteiger partial charge >= 0.3 is 0 Å². The summed E-state index contributed by atoms with van der Waals surface area (Å²) in [6.07, 6.45) is 7.74. The van der Waals surface area contributed by atoms with E-state index < -0.39 is 10.8 Å². The van der Waals surface area contributed by atoms with Crippen LogP contribution in [0.2, 0.25) is 0 Å². The van der Waals surface area contributed by atoms with E-state index >= 15 is 0 Å². The Hall–Kier alpha value is -1.10. The van der Waals surface area contributed by atoms with Gasteiger partial charge in [0, 0.05) is 6.54 Å². The van der Waals surface area contributed by atoms with Gasteiger partial charge in [-0.15, -0.1) is 0 Å². The molecule has 1 heterocycles. The Labute approximate surface area is 116 Å². The Kier molecular flexibility index (Phi) is 5.19. The second kappa shape index (κ2) is 6.89. The van der Waals surface area contributed by atoms with Crippen LogP contribution in [0.25, 0.3) is 0 Å².